The summed E-state index contributed by atoms with van der Waals surface area (Å²) in [5, 5.41) is 3.57. The third-order valence-corrected chi connectivity index (χ3v) is 4.19. The first-order valence-electron chi connectivity index (χ1n) is 7.75. The lowest BCUT2D eigenvalue weighted by atomic mass is 9.92. The average Bonchev–Trinajstić information content (AvgIpc) is 3.02. The Kier molecular flexibility index (Phi) is 3.41. The third-order valence-electron chi connectivity index (χ3n) is 4.19. The second-order valence-corrected chi connectivity index (χ2v) is 5.63. The smallest absolute Gasteiger partial charge is 0.109 e. The molecule has 0 unspecified atom stereocenters. The van der Waals surface area contributed by atoms with Crippen LogP contribution in [0.5, 0.6) is 0 Å². The number of hydrogen-bond acceptors (Lipinski definition) is 1. The van der Waals surface area contributed by atoms with E-state index in [0.717, 1.165) is 22.5 Å². The summed E-state index contributed by atoms with van der Waals surface area (Å²) in [7, 11) is 0. The van der Waals surface area contributed by atoms with Gasteiger partial charge < -0.3 is 0 Å². The van der Waals surface area contributed by atoms with Crippen LogP contribution in [0.2, 0.25) is 0 Å². The Hall–Kier alpha value is -2.90. The van der Waals surface area contributed by atoms with Crippen LogP contribution in [0.3, 0.4) is 0 Å². The lowest BCUT2D eigenvalue weighted by molar-refractivity contribution is -0.465. The summed E-state index contributed by atoms with van der Waals surface area (Å²) in [6.07, 6.45) is 0. The molecule has 1 aliphatic heterocycles. The van der Waals surface area contributed by atoms with Crippen LogP contribution in [0.15, 0.2) is 91.5 Å². The van der Waals surface area contributed by atoms with E-state index < -0.39 is 0 Å². The fourth-order valence-electron chi connectivity index (χ4n) is 3.06. The van der Waals surface area contributed by atoms with Gasteiger partial charge in [0, 0.05) is 11.6 Å². The molecule has 0 saturated heterocycles. The highest BCUT2D eigenvalue weighted by Crippen LogP contribution is 2.39. The van der Waals surface area contributed by atoms with Crippen LogP contribution in [0, 0.1) is 0 Å². The normalized spacial score (nSPS) is 13.0. The average molecular weight is 295 g/mol. The first kappa shape index (κ1) is 13.7. The highest BCUT2D eigenvalue weighted by molar-refractivity contribution is 6.15. The van der Waals surface area contributed by atoms with Crippen LogP contribution >= 0.6 is 0 Å². The standard InChI is InChI=1S/C22H17N/c1-16(17-10-4-2-5-11-17)21-19-14-8-9-15-20(19)23-22(21)18-12-6-3-7-13-18/h2-15,23H,1H2/q+1. The van der Waals surface area contributed by atoms with Gasteiger partial charge in [0.2, 0.25) is 5.70 Å². The molecule has 1 aliphatic rings. The van der Waals surface area contributed by atoms with Crippen LogP contribution in [0.25, 0.3) is 16.8 Å². The Bertz CT molecular complexity index is 890. The monoisotopic (exact) mass is 295 g/mol. The van der Waals surface area contributed by atoms with Crippen LogP contribution in [-0.2, 0) is 0 Å². The molecule has 109 valence electrons. The number of fused-ring (bicyclic) bond motifs is 1. The van der Waals surface area contributed by atoms with Crippen molar-refractivity contribution < 1.29 is 5.32 Å². The highest BCUT2D eigenvalue weighted by atomic mass is 14.9. The maximum Gasteiger partial charge on any atom is 0.200 e. The maximum absolute atomic E-state index is 4.38. The quantitative estimate of drug-likeness (QED) is 0.743. The highest BCUT2D eigenvalue weighted by Gasteiger charge is 2.32. The number of para-hydroxylation sites is 1. The van der Waals surface area contributed by atoms with Crippen molar-refractivity contribution in [1.29, 1.82) is 0 Å². The molecule has 1 heterocycles. The fraction of sp³-hybridized carbons (Fsp3) is 0. The minimum atomic E-state index is 1.04. The van der Waals surface area contributed by atoms with Crippen molar-refractivity contribution in [1.82, 2.24) is 0 Å². The van der Waals surface area contributed by atoms with Crippen molar-refractivity contribution in [2.24, 2.45) is 0 Å². The van der Waals surface area contributed by atoms with Gasteiger partial charge in [0.15, 0.2) is 5.69 Å². The SMILES string of the molecule is C=C(C1=C(c2ccccc2)[NH+]c2ccccc21)c1ccccc1. The Morgan fingerprint density at radius 1 is 0.696 bits per heavy atom. The molecular formula is C22H17N+. The zero-order valence-corrected chi connectivity index (χ0v) is 12.8. The maximum atomic E-state index is 4.38. The van der Waals surface area contributed by atoms with Crippen LogP contribution < -0.4 is 5.32 Å². The second-order valence-electron chi connectivity index (χ2n) is 5.63. The lowest BCUT2D eigenvalue weighted by Crippen LogP contribution is -2.73. The Morgan fingerprint density at radius 3 is 2.04 bits per heavy atom. The number of nitrogens with one attached hydrogen (secondary N) is 1. The van der Waals surface area contributed by atoms with E-state index in [-0.39, 0.29) is 0 Å². The van der Waals surface area contributed by atoms with Gasteiger partial charge in [0.1, 0.15) is 0 Å². The van der Waals surface area contributed by atoms with E-state index in [0.29, 0.717) is 0 Å². The molecule has 3 aromatic carbocycles. The predicted molar refractivity (Wildman–Crippen MR) is 95.8 cm³/mol. The summed E-state index contributed by atoms with van der Waals surface area (Å²) >= 11 is 0. The summed E-state index contributed by atoms with van der Waals surface area (Å²) < 4.78 is 0. The van der Waals surface area contributed by atoms with E-state index >= 15 is 0 Å². The third kappa shape index (κ3) is 2.41. The van der Waals surface area contributed by atoms with Crippen molar-refractivity contribution in [2.75, 3.05) is 0 Å². The topological polar surface area (TPSA) is 15.6 Å². The molecule has 0 spiro atoms. The summed E-state index contributed by atoms with van der Waals surface area (Å²) in [5.41, 5.74) is 8.02. The molecule has 0 amide bonds. The van der Waals surface area contributed by atoms with Gasteiger partial charge in [-0.3, -0.25) is 0 Å². The molecule has 0 fully saturated rings. The van der Waals surface area contributed by atoms with Crippen molar-refractivity contribution in [2.45, 2.75) is 0 Å². The molecule has 0 saturated carbocycles. The number of hydrogen-bond donors (Lipinski definition) is 1. The van der Waals surface area contributed by atoms with Crippen molar-refractivity contribution >= 4 is 22.5 Å². The Morgan fingerprint density at radius 2 is 1.30 bits per heavy atom. The number of anilines is 1. The minimum Gasteiger partial charge on any atom is -0.109 e. The summed E-state index contributed by atoms with van der Waals surface area (Å²) in [6.45, 7) is 4.38. The summed E-state index contributed by atoms with van der Waals surface area (Å²) in [4.78, 5) is 0. The molecule has 3 aromatic rings. The first-order chi connectivity index (χ1) is 11.3. The largest absolute Gasteiger partial charge is 0.200 e. The molecule has 1 N–H and O–H groups in total. The van der Waals surface area contributed by atoms with Gasteiger partial charge in [-0.2, -0.15) is 0 Å². The van der Waals surface area contributed by atoms with Crippen LogP contribution in [0.4, 0.5) is 5.69 Å². The van der Waals surface area contributed by atoms with E-state index in [1.165, 1.54) is 16.7 Å². The lowest BCUT2D eigenvalue weighted by Gasteiger charge is -2.08. The van der Waals surface area contributed by atoms with Crippen molar-refractivity contribution in [3.05, 3.63) is 108 Å². The van der Waals surface area contributed by atoms with Crippen molar-refractivity contribution in [3.63, 3.8) is 0 Å². The Labute approximate surface area is 136 Å². The van der Waals surface area contributed by atoms with Gasteiger partial charge in [0.25, 0.3) is 0 Å². The van der Waals surface area contributed by atoms with Gasteiger partial charge in [0.05, 0.1) is 11.1 Å². The zero-order valence-electron chi connectivity index (χ0n) is 12.8. The predicted octanol–water partition coefficient (Wildman–Crippen LogP) is 4.26. The fourth-order valence-corrected chi connectivity index (χ4v) is 3.06. The molecule has 0 atom stereocenters. The van der Waals surface area contributed by atoms with E-state index in [1.54, 1.807) is 0 Å². The Balaban J connectivity index is 1.91. The molecule has 4 rings (SSSR count). The molecule has 23 heavy (non-hydrogen) atoms. The van der Waals surface area contributed by atoms with Crippen molar-refractivity contribution in [3.8, 4) is 0 Å². The molecule has 1 heteroatoms. The first-order valence-corrected chi connectivity index (χ1v) is 7.75. The molecular weight excluding hydrogens is 278 g/mol. The number of allylic oxidation sites excluding steroid dienone is 2. The second kappa shape index (κ2) is 5.71. The van der Waals surface area contributed by atoms with E-state index in [4.69, 9.17) is 0 Å². The summed E-state index contributed by atoms with van der Waals surface area (Å²) in [6, 6.07) is 29.2. The van der Waals surface area contributed by atoms with Gasteiger partial charge in [-0.05, 0) is 29.3 Å². The van der Waals surface area contributed by atoms with E-state index in [9.17, 15) is 0 Å². The molecule has 0 aliphatic carbocycles. The van der Waals surface area contributed by atoms with Gasteiger partial charge in [-0.25, -0.2) is 0 Å². The number of benzene rings is 3. The van der Waals surface area contributed by atoms with Gasteiger partial charge >= 0.3 is 0 Å². The van der Waals surface area contributed by atoms with E-state index in [2.05, 4.69) is 84.7 Å². The van der Waals surface area contributed by atoms with E-state index in [1.807, 2.05) is 12.1 Å². The molecule has 0 bridgehead atoms. The minimum absolute atomic E-state index is 1.04. The van der Waals surface area contributed by atoms with Gasteiger partial charge in [-0.1, -0.05) is 67.2 Å². The molecule has 0 aromatic heterocycles. The molecule has 1 nitrogen and oxygen atoms in total. The zero-order chi connectivity index (χ0) is 15.6. The van der Waals surface area contributed by atoms with Crippen LogP contribution in [0.1, 0.15) is 16.7 Å². The van der Waals surface area contributed by atoms with Crippen LogP contribution in [-0.4, -0.2) is 0 Å². The number of rotatable bonds is 3. The summed E-state index contributed by atoms with van der Waals surface area (Å²) in [5.74, 6) is 0. The van der Waals surface area contributed by atoms with Gasteiger partial charge in [-0.15, -0.1) is 5.32 Å². The molecule has 1 radical (unpaired) electrons.